The van der Waals surface area contributed by atoms with Crippen molar-refractivity contribution in [1.29, 1.82) is 0 Å². The summed E-state index contributed by atoms with van der Waals surface area (Å²) in [4.78, 5) is 0. The van der Waals surface area contributed by atoms with Gasteiger partial charge in [-0.2, -0.15) is 0 Å². The molecule has 0 spiro atoms. The molecule has 0 amide bonds. The van der Waals surface area contributed by atoms with Crippen LogP contribution in [0.25, 0.3) is 0 Å². The molecule has 1 rings (SSSR count). The van der Waals surface area contributed by atoms with Gasteiger partial charge in [-0.1, -0.05) is 13.8 Å². The molecule has 1 fully saturated rings. The quantitative estimate of drug-likeness (QED) is 0.618. The molecule has 0 aromatic carbocycles. The first-order valence-electron chi connectivity index (χ1n) is 4.37. The Labute approximate surface area is 75.3 Å². The summed E-state index contributed by atoms with van der Waals surface area (Å²) < 4.78 is 14.0. The van der Waals surface area contributed by atoms with Crippen molar-refractivity contribution in [2.24, 2.45) is 0 Å². The van der Waals surface area contributed by atoms with Gasteiger partial charge >= 0.3 is 0 Å². The van der Waals surface area contributed by atoms with E-state index in [1.54, 1.807) is 0 Å². The van der Waals surface area contributed by atoms with Crippen molar-refractivity contribution in [3.63, 3.8) is 0 Å². The summed E-state index contributed by atoms with van der Waals surface area (Å²) in [5, 5.41) is 3.38. The van der Waals surface area contributed by atoms with Crippen LogP contribution in [0.1, 0.15) is 13.8 Å². The zero-order valence-corrected chi connectivity index (χ0v) is 8.69. The van der Waals surface area contributed by atoms with Crippen LogP contribution in [-0.2, 0) is 9.71 Å². The van der Waals surface area contributed by atoms with Crippen molar-refractivity contribution in [3.05, 3.63) is 0 Å². The van der Waals surface area contributed by atoms with Crippen molar-refractivity contribution in [2.45, 2.75) is 19.1 Å². The molecule has 0 bridgehead atoms. The Bertz CT molecular complexity index is 227. The normalized spacial score (nSPS) is 25.6. The lowest BCUT2D eigenvalue weighted by Gasteiger charge is -2.32. The third-order valence-electron chi connectivity index (χ3n) is 2.25. The molecule has 1 saturated heterocycles. The monoisotopic (exact) mass is 190 g/mol. The number of hydrogen-bond acceptors (Lipinski definition) is 2. The van der Waals surface area contributed by atoms with Crippen molar-refractivity contribution in [2.75, 3.05) is 26.2 Å². The second-order valence-electron chi connectivity index (χ2n) is 3.42. The van der Waals surface area contributed by atoms with Crippen LogP contribution in [0.3, 0.4) is 0 Å². The molecule has 12 heavy (non-hydrogen) atoms. The predicted molar refractivity (Wildman–Crippen MR) is 54.8 cm³/mol. The van der Waals surface area contributed by atoms with E-state index in [0.29, 0.717) is 0 Å². The summed E-state index contributed by atoms with van der Waals surface area (Å²) in [6.45, 7) is 7.52. The van der Waals surface area contributed by atoms with Gasteiger partial charge in [-0.15, -0.1) is 0 Å². The number of rotatable bonds is 2. The first kappa shape index (κ1) is 10.0. The first-order valence-corrected chi connectivity index (χ1v) is 6.12. The highest BCUT2D eigenvalue weighted by atomic mass is 32.2. The second-order valence-corrected chi connectivity index (χ2v) is 6.26. The van der Waals surface area contributed by atoms with E-state index in [-0.39, 0.29) is 5.25 Å². The summed E-state index contributed by atoms with van der Waals surface area (Å²) >= 11 is 0. The molecule has 3 nitrogen and oxygen atoms in total. The largest absolute Gasteiger partial charge is 0.314 e. The molecule has 1 aliphatic heterocycles. The van der Waals surface area contributed by atoms with Crippen molar-refractivity contribution < 1.29 is 4.21 Å². The lowest BCUT2D eigenvalue weighted by atomic mass is 10.4. The van der Waals surface area contributed by atoms with E-state index in [1.807, 2.05) is 18.2 Å². The molecule has 4 heteroatoms. The molecule has 0 radical (unpaired) electrons. The van der Waals surface area contributed by atoms with Crippen LogP contribution in [0, 0.1) is 0 Å². The number of hydrogen-bond donors (Lipinski definition) is 1. The maximum absolute atomic E-state index is 12.0. The Balaban J connectivity index is 2.67. The van der Waals surface area contributed by atoms with Crippen LogP contribution in [0.5, 0.6) is 0 Å². The van der Waals surface area contributed by atoms with Gasteiger partial charge in [-0.25, -0.2) is 4.31 Å². The fraction of sp³-hybridized carbons (Fsp3) is 0.875. The molecule has 1 aliphatic rings. The van der Waals surface area contributed by atoms with Gasteiger partial charge in [0.25, 0.3) is 0 Å². The van der Waals surface area contributed by atoms with Gasteiger partial charge in [-0.3, -0.25) is 4.21 Å². The molecule has 0 aromatic heterocycles. The van der Waals surface area contributed by atoms with E-state index in [9.17, 15) is 4.21 Å². The van der Waals surface area contributed by atoms with Gasteiger partial charge in [0.05, 0.1) is 0 Å². The summed E-state index contributed by atoms with van der Waals surface area (Å²) in [6.07, 6.45) is 0. The molecule has 1 atom stereocenters. The zero-order chi connectivity index (χ0) is 9.19. The minimum Gasteiger partial charge on any atom is -0.314 e. The standard InChI is InChI=1S/C8H18N2OS/c1-8(2)12(3,11)10-6-4-9-5-7-10/h8-9H,3-7H2,1-2H3. The smallest absolute Gasteiger partial charge is 0.0347 e. The van der Waals surface area contributed by atoms with Crippen LogP contribution in [-0.4, -0.2) is 45.8 Å². The highest BCUT2D eigenvalue weighted by molar-refractivity contribution is 7.98. The Hall–Kier alpha value is -0.0600. The fourth-order valence-electron chi connectivity index (χ4n) is 1.25. The molecule has 72 valence electrons. The van der Waals surface area contributed by atoms with E-state index in [0.717, 1.165) is 26.2 Å². The highest BCUT2D eigenvalue weighted by Gasteiger charge is 2.20. The van der Waals surface area contributed by atoms with Gasteiger partial charge in [0.1, 0.15) is 0 Å². The minimum atomic E-state index is -2.01. The Morgan fingerprint density at radius 2 is 1.92 bits per heavy atom. The average Bonchev–Trinajstić information content (AvgIpc) is 2.06. The highest BCUT2D eigenvalue weighted by Crippen LogP contribution is 2.08. The van der Waals surface area contributed by atoms with Crippen molar-refractivity contribution in [3.8, 4) is 0 Å². The van der Waals surface area contributed by atoms with Crippen LogP contribution in [0.15, 0.2) is 0 Å². The van der Waals surface area contributed by atoms with Gasteiger partial charge in [0.2, 0.25) is 0 Å². The fourth-order valence-corrected chi connectivity index (χ4v) is 2.65. The summed E-state index contributed by atoms with van der Waals surface area (Å²) in [7, 11) is -2.01. The maximum Gasteiger partial charge on any atom is 0.0347 e. The van der Waals surface area contributed by atoms with Crippen LogP contribution in [0.2, 0.25) is 0 Å². The number of nitrogens with zero attached hydrogens (tertiary/aromatic N) is 1. The van der Waals surface area contributed by atoms with E-state index in [2.05, 4.69) is 11.2 Å². The second kappa shape index (κ2) is 3.77. The molecular formula is C8H18N2OS. The predicted octanol–water partition coefficient (Wildman–Crippen LogP) is -0.0686. The topological polar surface area (TPSA) is 32.3 Å². The third-order valence-corrected chi connectivity index (χ3v) is 4.96. The first-order chi connectivity index (χ1) is 5.55. The maximum atomic E-state index is 12.0. The Morgan fingerprint density at radius 1 is 1.42 bits per heavy atom. The van der Waals surface area contributed by atoms with Crippen LogP contribution >= 0.6 is 0 Å². The Kier molecular flexibility index (Phi) is 3.15. The van der Waals surface area contributed by atoms with Gasteiger partial charge < -0.3 is 5.32 Å². The van der Waals surface area contributed by atoms with E-state index >= 15 is 0 Å². The molecule has 0 aromatic rings. The lowest BCUT2D eigenvalue weighted by molar-refractivity contribution is 0.377. The summed E-state index contributed by atoms with van der Waals surface area (Å²) in [5.74, 6) is 3.82. The summed E-state index contributed by atoms with van der Waals surface area (Å²) in [6, 6.07) is 0. The van der Waals surface area contributed by atoms with E-state index < -0.39 is 9.71 Å². The van der Waals surface area contributed by atoms with Crippen molar-refractivity contribution in [1.82, 2.24) is 9.62 Å². The number of piperazine rings is 1. The molecule has 0 aliphatic carbocycles. The van der Waals surface area contributed by atoms with Crippen LogP contribution in [0.4, 0.5) is 0 Å². The molecule has 1 heterocycles. The zero-order valence-electron chi connectivity index (χ0n) is 7.88. The average molecular weight is 190 g/mol. The lowest BCUT2D eigenvalue weighted by Crippen LogP contribution is -2.48. The SMILES string of the molecule is C=S(=O)(C(C)C)N1CCNCC1. The molecular weight excluding hydrogens is 172 g/mol. The molecule has 1 N–H and O–H groups in total. The van der Waals surface area contributed by atoms with E-state index in [1.165, 1.54) is 0 Å². The van der Waals surface area contributed by atoms with E-state index in [4.69, 9.17) is 0 Å². The Morgan fingerprint density at radius 3 is 2.33 bits per heavy atom. The number of nitrogens with one attached hydrogen (secondary N) is 1. The van der Waals surface area contributed by atoms with Gasteiger partial charge in [0, 0.05) is 41.1 Å². The van der Waals surface area contributed by atoms with Gasteiger partial charge in [0.15, 0.2) is 0 Å². The van der Waals surface area contributed by atoms with Crippen molar-refractivity contribution >= 4 is 15.6 Å². The molecule has 1 unspecified atom stereocenters. The van der Waals surface area contributed by atoms with Crippen LogP contribution < -0.4 is 5.32 Å². The molecule has 0 saturated carbocycles. The summed E-state index contributed by atoms with van der Waals surface area (Å²) in [5.41, 5.74) is 0. The minimum absolute atomic E-state index is 0.149. The van der Waals surface area contributed by atoms with Gasteiger partial charge in [-0.05, 0) is 5.87 Å². The third kappa shape index (κ3) is 2.00.